The van der Waals surface area contributed by atoms with Crippen molar-refractivity contribution in [2.24, 2.45) is 11.3 Å². The van der Waals surface area contributed by atoms with Crippen LogP contribution < -0.4 is 0 Å². The summed E-state index contributed by atoms with van der Waals surface area (Å²) in [4.78, 5) is 12.4. The fourth-order valence-electron chi connectivity index (χ4n) is 2.72. The van der Waals surface area contributed by atoms with Crippen molar-refractivity contribution in [3.8, 4) is 0 Å². The van der Waals surface area contributed by atoms with Crippen molar-refractivity contribution < 1.29 is 4.79 Å². The standard InChI is InChI=1S/C15H24O/c1-6-11(3)14(16)13-12(4)9-8-10-15(13,5)7-2/h6,9,13H,7-8,10H2,1-5H3. The Morgan fingerprint density at radius 3 is 2.75 bits per heavy atom. The highest BCUT2D eigenvalue weighted by atomic mass is 16.1. The molecule has 0 spiro atoms. The fourth-order valence-corrected chi connectivity index (χ4v) is 2.72. The minimum Gasteiger partial charge on any atom is -0.294 e. The Morgan fingerprint density at radius 2 is 2.25 bits per heavy atom. The lowest BCUT2D eigenvalue weighted by Crippen LogP contribution is -2.36. The first-order chi connectivity index (χ1) is 7.46. The molecule has 0 aromatic heterocycles. The molecule has 0 heterocycles. The van der Waals surface area contributed by atoms with Crippen LogP contribution in [0.15, 0.2) is 23.3 Å². The van der Waals surface area contributed by atoms with Crippen LogP contribution in [0.4, 0.5) is 0 Å². The van der Waals surface area contributed by atoms with Crippen LogP contribution >= 0.6 is 0 Å². The Balaban J connectivity index is 3.10. The number of carbonyl (C=O) groups excluding carboxylic acids is 1. The van der Waals surface area contributed by atoms with Gasteiger partial charge in [0.15, 0.2) is 5.78 Å². The number of carbonyl (C=O) groups is 1. The van der Waals surface area contributed by atoms with E-state index in [4.69, 9.17) is 0 Å². The molecule has 0 bridgehead atoms. The zero-order valence-electron chi connectivity index (χ0n) is 11.3. The van der Waals surface area contributed by atoms with Crippen LogP contribution in [0.3, 0.4) is 0 Å². The van der Waals surface area contributed by atoms with Crippen LogP contribution in [0.5, 0.6) is 0 Å². The fraction of sp³-hybridized carbons (Fsp3) is 0.667. The van der Waals surface area contributed by atoms with Gasteiger partial charge in [0.2, 0.25) is 0 Å². The van der Waals surface area contributed by atoms with E-state index in [2.05, 4.69) is 26.8 Å². The van der Waals surface area contributed by atoms with Gasteiger partial charge in [-0.25, -0.2) is 0 Å². The second kappa shape index (κ2) is 4.99. The highest BCUT2D eigenvalue weighted by Gasteiger charge is 2.40. The minimum absolute atomic E-state index is 0.0995. The Hall–Kier alpha value is -0.850. The average Bonchev–Trinajstić information content (AvgIpc) is 2.27. The quantitative estimate of drug-likeness (QED) is 0.512. The van der Waals surface area contributed by atoms with Gasteiger partial charge in [0.25, 0.3) is 0 Å². The van der Waals surface area contributed by atoms with E-state index < -0.39 is 0 Å². The molecule has 16 heavy (non-hydrogen) atoms. The summed E-state index contributed by atoms with van der Waals surface area (Å²) in [5, 5.41) is 0. The maximum atomic E-state index is 12.4. The summed E-state index contributed by atoms with van der Waals surface area (Å²) in [6.07, 6.45) is 7.50. The number of hydrogen-bond donors (Lipinski definition) is 0. The first-order valence-electron chi connectivity index (χ1n) is 6.30. The minimum atomic E-state index is 0.0995. The first-order valence-corrected chi connectivity index (χ1v) is 6.30. The van der Waals surface area contributed by atoms with Crippen molar-refractivity contribution in [2.75, 3.05) is 0 Å². The molecule has 0 aliphatic heterocycles. The van der Waals surface area contributed by atoms with Crippen molar-refractivity contribution in [1.82, 2.24) is 0 Å². The van der Waals surface area contributed by atoms with Crippen LogP contribution in [-0.2, 0) is 4.79 Å². The first kappa shape index (κ1) is 13.2. The summed E-state index contributed by atoms with van der Waals surface area (Å²) in [6.45, 7) is 10.4. The Morgan fingerprint density at radius 1 is 1.62 bits per heavy atom. The van der Waals surface area contributed by atoms with Gasteiger partial charge in [-0.15, -0.1) is 0 Å². The lowest BCUT2D eigenvalue weighted by molar-refractivity contribution is -0.121. The summed E-state index contributed by atoms with van der Waals surface area (Å²) < 4.78 is 0. The van der Waals surface area contributed by atoms with Gasteiger partial charge in [0.1, 0.15) is 0 Å². The molecule has 1 aliphatic rings. The molecule has 0 fully saturated rings. The van der Waals surface area contributed by atoms with Crippen molar-refractivity contribution >= 4 is 5.78 Å². The molecule has 0 saturated heterocycles. The molecule has 0 aromatic carbocycles. The summed E-state index contributed by atoms with van der Waals surface area (Å²) in [7, 11) is 0. The predicted octanol–water partition coefficient (Wildman–Crippen LogP) is 4.29. The summed E-state index contributed by atoms with van der Waals surface area (Å²) in [5.41, 5.74) is 2.32. The van der Waals surface area contributed by atoms with Crippen LogP contribution in [0.1, 0.15) is 53.9 Å². The molecule has 0 amide bonds. The van der Waals surface area contributed by atoms with E-state index in [9.17, 15) is 4.79 Å². The van der Waals surface area contributed by atoms with Crippen LogP contribution in [0.2, 0.25) is 0 Å². The summed E-state index contributed by atoms with van der Waals surface area (Å²) in [5.74, 6) is 0.419. The molecule has 2 atom stereocenters. The molecule has 1 nitrogen and oxygen atoms in total. The van der Waals surface area contributed by atoms with E-state index in [1.165, 1.54) is 5.57 Å². The van der Waals surface area contributed by atoms with Crippen molar-refractivity contribution in [3.63, 3.8) is 0 Å². The summed E-state index contributed by atoms with van der Waals surface area (Å²) >= 11 is 0. The Bertz CT molecular complexity index is 335. The van der Waals surface area contributed by atoms with Crippen LogP contribution in [-0.4, -0.2) is 5.78 Å². The number of allylic oxidation sites excluding steroid dienone is 4. The zero-order valence-corrected chi connectivity index (χ0v) is 11.3. The second-order valence-electron chi connectivity index (χ2n) is 5.26. The molecule has 0 radical (unpaired) electrons. The van der Waals surface area contributed by atoms with Gasteiger partial charge in [-0.3, -0.25) is 4.79 Å². The van der Waals surface area contributed by atoms with E-state index in [-0.39, 0.29) is 11.3 Å². The molecule has 2 unspecified atom stereocenters. The van der Waals surface area contributed by atoms with E-state index in [1.807, 2.05) is 19.9 Å². The average molecular weight is 220 g/mol. The molecule has 0 saturated carbocycles. The lowest BCUT2D eigenvalue weighted by atomic mass is 9.63. The van der Waals surface area contributed by atoms with Crippen LogP contribution in [0.25, 0.3) is 0 Å². The van der Waals surface area contributed by atoms with Gasteiger partial charge < -0.3 is 0 Å². The third kappa shape index (κ3) is 2.28. The predicted molar refractivity (Wildman–Crippen MR) is 69.3 cm³/mol. The van der Waals surface area contributed by atoms with E-state index in [0.29, 0.717) is 5.78 Å². The maximum absolute atomic E-state index is 12.4. The molecule has 0 aromatic rings. The van der Waals surface area contributed by atoms with Crippen molar-refractivity contribution in [2.45, 2.75) is 53.9 Å². The van der Waals surface area contributed by atoms with E-state index in [0.717, 1.165) is 24.8 Å². The van der Waals surface area contributed by atoms with Gasteiger partial charge >= 0.3 is 0 Å². The van der Waals surface area contributed by atoms with Crippen LogP contribution in [0, 0.1) is 11.3 Å². The maximum Gasteiger partial charge on any atom is 0.165 e. The van der Waals surface area contributed by atoms with Crippen molar-refractivity contribution in [3.05, 3.63) is 23.3 Å². The molecule has 90 valence electrons. The topological polar surface area (TPSA) is 17.1 Å². The Labute approximate surface area is 99.6 Å². The Kier molecular flexibility index (Phi) is 4.12. The lowest BCUT2D eigenvalue weighted by Gasteiger charge is -2.40. The zero-order chi connectivity index (χ0) is 12.3. The number of Topliss-reactive ketones (excluding diaryl/α,β-unsaturated/α-hetero) is 1. The number of hydrogen-bond acceptors (Lipinski definition) is 1. The van der Waals surface area contributed by atoms with Gasteiger partial charge in [-0.05, 0) is 51.0 Å². The molecule has 1 rings (SSSR count). The monoisotopic (exact) mass is 220 g/mol. The SMILES string of the molecule is CC=C(C)C(=O)C1C(C)=CCCC1(C)CC. The number of rotatable bonds is 3. The molecule has 1 aliphatic carbocycles. The van der Waals surface area contributed by atoms with Gasteiger partial charge in [-0.1, -0.05) is 31.6 Å². The molecular weight excluding hydrogens is 196 g/mol. The van der Waals surface area contributed by atoms with Gasteiger partial charge in [0, 0.05) is 5.92 Å². The van der Waals surface area contributed by atoms with E-state index >= 15 is 0 Å². The van der Waals surface area contributed by atoms with E-state index in [1.54, 1.807) is 0 Å². The number of ketones is 1. The van der Waals surface area contributed by atoms with Crippen molar-refractivity contribution in [1.29, 1.82) is 0 Å². The third-order valence-corrected chi connectivity index (χ3v) is 4.23. The van der Waals surface area contributed by atoms with Gasteiger partial charge in [-0.2, -0.15) is 0 Å². The third-order valence-electron chi connectivity index (χ3n) is 4.23. The normalized spacial score (nSPS) is 31.2. The molecule has 1 heteroatoms. The highest BCUT2D eigenvalue weighted by molar-refractivity contribution is 5.98. The highest BCUT2D eigenvalue weighted by Crippen LogP contribution is 2.45. The smallest absolute Gasteiger partial charge is 0.165 e. The second-order valence-corrected chi connectivity index (χ2v) is 5.26. The largest absolute Gasteiger partial charge is 0.294 e. The summed E-state index contributed by atoms with van der Waals surface area (Å²) in [6, 6.07) is 0. The molecule has 0 N–H and O–H groups in total. The molecular formula is C15H24O. The van der Waals surface area contributed by atoms with Gasteiger partial charge in [0.05, 0.1) is 0 Å².